The van der Waals surface area contributed by atoms with Gasteiger partial charge in [-0.1, -0.05) is 23.9 Å². The van der Waals surface area contributed by atoms with Crippen LogP contribution in [0.25, 0.3) is 0 Å². The van der Waals surface area contributed by atoms with E-state index in [1.54, 1.807) is 11.3 Å². The number of rotatable bonds is 1. The summed E-state index contributed by atoms with van der Waals surface area (Å²) in [5, 5.41) is 8.36. The van der Waals surface area contributed by atoms with Crippen molar-refractivity contribution in [2.24, 2.45) is 0 Å². The lowest BCUT2D eigenvalue weighted by Gasteiger charge is -2.22. The number of fused-ring (bicyclic) bond motifs is 2. The molecule has 5 heteroatoms. The molecule has 0 saturated heterocycles. The normalized spacial score (nSPS) is 24.1. The second kappa shape index (κ2) is 4.69. The van der Waals surface area contributed by atoms with Crippen LogP contribution in [-0.4, -0.2) is 6.54 Å². The Morgan fingerprint density at radius 3 is 3.00 bits per heavy atom. The van der Waals surface area contributed by atoms with E-state index >= 15 is 0 Å². The van der Waals surface area contributed by atoms with Crippen molar-refractivity contribution >= 4 is 33.8 Å². The fourth-order valence-corrected chi connectivity index (χ4v) is 5.53. The molecule has 0 spiro atoms. The fourth-order valence-electron chi connectivity index (χ4n) is 3.04. The first-order chi connectivity index (χ1) is 9.74. The Morgan fingerprint density at radius 1 is 1.30 bits per heavy atom. The van der Waals surface area contributed by atoms with Gasteiger partial charge in [0.25, 0.3) is 0 Å². The SMILES string of the molecule is CC1NCCc2c1sc(N)c2C1Nc2ccccc2S1. The topological polar surface area (TPSA) is 50.1 Å². The van der Waals surface area contributed by atoms with Gasteiger partial charge in [-0.15, -0.1) is 11.3 Å². The lowest BCUT2D eigenvalue weighted by atomic mass is 10.00. The van der Waals surface area contributed by atoms with Crippen LogP contribution in [0.4, 0.5) is 10.7 Å². The van der Waals surface area contributed by atoms with Crippen LogP contribution < -0.4 is 16.4 Å². The van der Waals surface area contributed by atoms with Gasteiger partial charge in [0.1, 0.15) is 5.37 Å². The van der Waals surface area contributed by atoms with E-state index < -0.39 is 0 Å². The maximum atomic E-state index is 6.34. The second-order valence-electron chi connectivity index (χ2n) is 5.29. The minimum atomic E-state index is 0.262. The average Bonchev–Trinajstić information content (AvgIpc) is 2.99. The Kier molecular flexibility index (Phi) is 2.94. The van der Waals surface area contributed by atoms with Gasteiger partial charge >= 0.3 is 0 Å². The van der Waals surface area contributed by atoms with E-state index in [1.807, 2.05) is 11.8 Å². The molecule has 3 nitrogen and oxygen atoms in total. The van der Waals surface area contributed by atoms with Crippen LogP contribution >= 0.6 is 23.1 Å². The van der Waals surface area contributed by atoms with E-state index in [9.17, 15) is 0 Å². The highest BCUT2D eigenvalue weighted by molar-refractivity contribution is 8.00. The summed E-state index contributed by atoms with van der Waals surface area (Å²) in [4.78, 5) is 2.74. The summed E-state index contributed by atoms with van der Waals surface area (Å²) in [7, 11) is 0. The van der Waals surface area contributed by atoms with Crippen molar-refractivity contribution in [3.8, 4) is 0 Å². The summed E-state index contributed by atoms with van der Waals surface area (Å²) in [5.41, 5.74) is 10.3. The Labute approximate surface area is 127 Å². The summed E-state index contributed by atoms with van der Waals surface area (Å²) < 4.78 is 0. The number of para-hydroxylation sites is 1. The maximum absolute atomic E-state index is 6.34. The predicted octanol–water partition coefficient (Wildman–Crippen LogP) is 3.75. The first kappa shape index (κ1) is 12.6. The molecule has 104 valence electrons. The van der Waals surface area contributed by atoms with Crippen molar-refractivity contribution in [3.63, 3.8) is 0 Å². The molecular weight excluding hydrogens is 286 g/mol. The smallest absolute Gasteiger partial charge is 0.106 e. The summed E-state index contributed by atoms with van der Waals surface area (Å²) in [6.07, 6.45) is 1.08. The molecule has 2 unspecified atom stereocenters. The zero-order chi connectivity index (χ0) is 13.7. The molecule has 2 aliphatic rings. The van der Waals surface area contributed by atoms with Crippen LogP contribution in [-0.2, 0) is 6.42 Å². The zero-order valence-electron chi connectivity index (χ0n) is 11.3. The third kappa shape index (κ3) is 1.84. The number of nitrogen functional groups attached to an aromatic ring is 1. The first-order valence-electron chi connectivity index (χ1n) is 6.90. The summed E-state index contributed by atoms with van der Waals surface area (Å²) >= 11 is 3.63. The fraction of sp³-hybridized carbons (Fsp3) is 0.333. The van der Waals surface area contributed by atoms with Crippen molar-refractivity contribution in [2.45, 2.75) is 29.7 Å². The molecule has 20 heavy (non-hydrogen) atoms. The Morgan fingerprint density at radius 2 is 2.15 bits per heavy atom. The molecule has 2 atom stereocenters. The van der Waals surface area contributed by atoms with Gasteiger partial charge in [0.05, 0.1) is 5.00 Å². The second-order valence-corrected chi connectivity index (χ2v) is 7.52. The molecule has 4 rings (SSSR count). The van der Waals surface area contributed by atoms with E-state index in [0.29, 0.717) is 6.04 Å². The van der Waals surface area contributed by atoms with Crippen LogP contribution in [0, 0.1) is 0 Å². The van der Waals surface area contributed by atoms with Gasteiger partial charge in [0, 0.05) is 27.1 Å². The van der Waals surface area contributed by atoms with Crippen molar-refractivity contribution in [1.82, 2.24) is 5.32 Å². The number of hydrogen-bond donors (Lipinski definition) is 3. The van der Waals surface area contributed by atoms with Crippen LogP contribution in [0.15, 0.2) is 29.2 Å². The van der Waals surface area contributed by atoms with Crippen LogP contribution in [0.3, 0.4) is 0 Å². The largest absolute Gasteiger partial charge is 0.390 e. The van der Waals surface area contributed by atoms with Crippen molar-refractivity contribution in [1.29, 1.82) is 0 Å². The molecule has 1 aromatic heterocycles. The van der Waals surface area contributed by atoms with E-state index in [4.69, 9.17) is 5.73 Å². The molecule has 0 aliphatic carbocycles. The molecule has 2 aliphatic heterocycles. The van der Waals surface area contributed by atoms with Gasteiger partial charge in [0.15, 0.2) is 0 Å². The van der Waals surface area contributed by atoms with Crippen LogP contribution in [0.2, 0.25) is 0 Å². The molecule has 3 heterocycles. The number of thiophene rings is 1. The highest BCUT2D eigenvalue weighted by Crippen LogP contribution is 2.51. The van der Waals surface area contributed by atoms with E-state index in [0.717, 1.165) is 18.0 Å². The van der Waals surface area contributed by atoms with Gasteiger partial charge in [-0.05, 0) is 37.6 Å². The van der Waals surface area contributed by atoms with Crippen LogP contribution in [0.5, 0.6) is 0 Å². The van der Waals surface area contributed by atoms with E-state index in [1.165, 1.54) is 26.6 Å². The van der Waals surface area contributed by atoms with Crippen molar-refractivity contribution in [2.75, 3.05) is 17.6 Å². The molecular formula is C15H17N3S2. The van der Waals surface area contributed by atoms with Gasteiger partial charge in [-0.2, -0.15) is 0 Å². The summed E-state index contributed by atoms with van der Waals surface area (Å²) in [5.74, 6) is 0. The third-order valence-electron chi connectivity index (χ3n) is 4.01. The van der Waals surface area contributed by atoms with Crippen molar-refractivity contribution < 1.29 is 0 Å². The highest BCUT2D eigenvalue weighted by Gasteiger charge is 2.31. The molecule has 0 radical (unpaired) electrons. The monoisotopic (exact) mass is 303 g/mol. The molecule has 0 amide bonds. The average molecular weight is 303 g/mol. The van der Waals surface area contributed by atoms with Crippen LogP contribution in [0.1, 0.15) is 34.3 Å². The minimum absolute atomic E-state index is 0.262. The number of nitrogens with one attached hydrogen (secondary N) is 2. The molecule has 0 saturated carbocycles. The molecule has 0 bridgehead atoms. The van der Waals surface area contributed by atoms with Gasteiger partial charge in [0.2, 0.25) is 0 Å². The number of anilines is 2. The zero-order valence-corrected chi connectivity index (χ0v) is 12.9. The summed E-state index contributed by atoms with van der Waals surface area (Å²) in [6, 6.07) is 8.91. The maximum Gasteiger partial charge on any atom is 0.106 e. The molecule has 4 N–H and O–H groups in total. The van der Waals surface area contributed by atoms with Gasteiger partial charge in [-0.3, -0.25) is 0 Å². The lowest BCUT2D eigenvalue weighted by Crippen LogP contribution is -2.27. The van der Waals surface area contributed by atoms with E-state index in [2.05, 4.69) is 41.8 Å². The van der Waals surface area contributed by atoms with E-state index in [-0.39, 0.29) is 5.37 Å². The quantitative estimate of drug-likeness (QED) is 0.751. The summed E-state index contributed by atoms with van der Waals surface area (Å²) in [6.45, 7) is 3.27. The van der Waals surface area contributed by atoms with Crippen molar-refractivity contribution in [3.05, 3.63) is 40.3 Å². The Balaban J connectivity index is 1.74. The van der Waals surface area contributed by atoms with Gasteiger partial charge < -0.3 is 16.4 Å². The Hall–Kier alpha value is -1.17. The Bertz CT molecular complexity index is 640. The first-order valence-corrected chi connectivity index (χ1v) is 8.60. The minimum Gasteiger partial charge on any atom is -0.390 e. The lowest BCUT2D eigenvalue weighted by molar-refractivity contribution is 0.549. The number of benzene rings is 1. The third-order valence-corrected chi connectivity index (χ3v) is 6.47. The number of nitrogens with two attached hydrogens (primary N) is 1. The predicted molar refractivity (Wildman–Crippen MR) is 87.5 cm³/mol. The molecule has 2 aromatic rings. The number of thioether (sulfide) groups is 1. The standard InChI is InChI=1S/C15H17N3S2/c1-8-13-9(6-7-17-8)12(14(16)20-13)15-18-10-4-2-3-5-11(10)19-15/h2-5,8,15,17-18H,6-7,16H2,1H3. The molecule has 1 aromatic carbocycles. The number of hydrogen-bond acceptors (Lipinski definition) is 5. The van der Waals surface area contributed by atoms with Gasteiger partial charge in [-0.25, -0.2) is 0 Å². The highest BCUT2D eigenvalue weighted by atomic mass is 32.2. The molecule has 0 fully saturated rings.